The lowest BCUT2D eigenvalue weighted by atomic mass is 10.2. The highest BCUT2D eigenvalue weighted by Gasteiger charge is 2.09. The van der Waals surface area contributed by atoms with Crippen LogP contribution < -0.4 is 15.6 Å². The number of nitrogens with one attached hydrogen (secondary N) is 2. The fraction of sp³-hybridized carbons (Fsp3) is 0. The van der Waals surface area contributed by atoms with Crippen molar-refractivity contribution in [3.05, 3.63) is 84.7 Å². The molecule has 0 bridgehead atoms. The topological polar surface area (TPSA) is 115 Å². The molecule has 2 N–H and O–H groups in total. The molecule has 3 aromatic heterocycles. The van der Waals surface area contributed by atoms with Gasteiger partial charge >= 0.3 is 6.01 Å². The van der Waals surface area contributed by atoms with Gasteiger partial charge in [0.2, 0.25) is 5.82 Å². The molecule has 3 heterocycles. The lowest BCUT2D eigenvalue weighted by molar-refractivity contribution is -0.116. The number of hydrogen-bond donors (Lipinski definition) is 2. The molecule has 9 nitrogen and oxygen atoms in total. The quantitative estimate of drug-likeness (QED) is 0.345. The molecule has 0 fully saturated rings. The maximum absolute atomic E-state index is 14.2. The molecule has 10 heteroatoms. The molecule has 0 aliphatic rings. The monoisotopic (exact) mass is 418 g/mol. The number of nitrogens with zero attached hydrogens (tertiary/aromatic N) is 4. The molecular weight excluding hydrogens is 403 g/mol. The molecule has 0 atom stereocenters. The number of amides is 1. The van der Waals surface area contributed by atoms with Crippen LogP contribution in [0.25, 0.3) is 17.5 Å². The first-order chi connectivity index (χ1) is 15.2. The van der Waals surface area contributed by atoms with Crippen LogP contribution in [-0.4, -0.2) is 26.0 Å². The van der Waals surface area contributed by atoms with Gasteiger partial charge in [-0.2, -0.15) is 4.98 Å². The Morgan fingerprint density at radius 2 is 1.97 bits per heavy atom. The van der Waals surface area contributed by atoms with Gasteiger partial charge in [0.25, 0.3) is 5.91 Å². The van der Waals surface area contributed by atoms with Crippen LogP contribution in [0.1, 0.15) is 5.56 Å². The molecule has 154 valence electrons. The number of ether oxygens (including phenoxy) is 1. The second kappa shape index (κ2) is 9.27. The van der Waals surface area contributed by atoms with Crippen LogP contribution in [0.5, 0.6) is 11.5 Å². The molecule has 0 saturated carbocycles. The highest BCUT2D eigenvalue weighted by Crippen LogP contribution is 2.24. The van der Waals surface area contributed by atoms with Crippen LogP contribution in [0, 0.1) is 5.82 Å². The Morgan fingerprint density at radius 1 is 1.10 bits per heavy atom. The van der Waals surface area contributed by atoms with E-state index in [-0.39, 0.29) is 11.8 Å². The van der Waals surface area contributed by atoms with Crippen LogP contribution in [-0.2, 0) is 4.79 Å². The Morgan fingerprint density at radius 3 is 2.74 bits per heavy atom. The van der Waals surface area contributed by atoms with E-state index < -0.39 is 11.7 Å². The molecule has 1 amide bonds. The van der Waals surface area contributed by atoms with E-state index in [1.165, 1.54) is 30.5 Å². The normalized spacial score (nSPS) is 10.7. The summed E-state index contributed by atoms with van der Waals surface area (Å²) in [5.41, 5.74) is 6.09. The van der Waals surface area contributed by atoms with Gasteiger partial charge in [-0.15, -0.1) is 0 Å². The van der Waals surface area contributed by atoms with Crippen molar-refractivity contribution in [2.45, 2.75) is 0 Å². The van der Waals surface area contributed by atoms with Crippen LogP contribution >= 0.6 is 0 Å². The number of benzene rings is 1. The highest BCUT2D eigenvalue weighted by atomic mass is 19.1. The molecule has 1 aromatic carbocycles. The fourth-order valence-electron chi connectivity index (χ4n) is 2.46. The summed E-state index contributed by atoms with van der Waals surface area (Å²) >= 11 is 0. The van der Waals surface area contributed by atoms with E-state index in [9.17, 15) is 9.18 Å². The standard InChI is InChI=1S/C21H15FN6O3/c22-17-12-14(3-5-18(17)30-16-2-1-9-24-13-16)4-6-19(29)26-27-21-25-20(28-31-21)15-7-10-23-11-8-15/h1-13H,(H,26,29)(H,25,27,28). The van der Waals surface area contributed by atoms with Gasteiger partial charge in [-0.05, 0) is 48.0 Å². The SMILES string of the molecule is O=C(C=Cc1ccc(Oc2cccnc2)c(F)c1)NNc1nc(-c2ccncc2)no1. The van der Waals surface area contributed by atoms with Crippen molar-refractivity contribution in [3.63, 3.8) is 0 Å². The zero-order valence-corrected chi connectivity index (χ0v) is 15.9. The van der Waals surface area contributed by atoms with Gasteiger partial charge in [-0.3, -0.25) is 20.2 Å². The molecule has 31 heavy (non-hydrogen) atoms. The Labute approximate surface area is 175 Å². The van der Waals surface area contributed by atoms with Crippen molar-refractivity contribution >= 4 is 18.0 Å². The summed E-state index contributed by atoms with van der Waals surface area (Å²) in [5.74, 6) is -0.251. The van der Waals surface area contributed by atoms with Gasteiger partial charge < -0.3 is 9.26 Å². The third-order valence-corrected chi connectivity index (χ3v) is 3.90. The molecule has 0 aliphatic heterocycles. The van der Waals surface area contributed by atoms with Crippen LogP contribution in [0.2, 0.25) is 0 Å². The Balaban J connectivity index is 1.32. The average molecular weight is 418 g/mol. The molecule has 0 spiro atoms. The lowest BCUT2D eigenvalue weighted by Gasteiger charge is -2.06. The zero-order chi connectivity index (χ0) is 21.5. The predicted octanol–water partition coefficient (Wildman–Crippen LogP) is 3.61. The van der Waals surface area contributed by atoms with Crippen molar-refractivity contribution in [1.82, 2.24) is 25.5 Å². The molecule has 4 rings (SSSR count). The second-order valence-electron chi connectivity index (χ2n) is 6.09. The van der Waals surface area contributed by atoms with Crippen LogP contribution in [0.4, 0.5) is 10.4 Å². The molecule has 0 saturated heterocycles. The minimum absolute atomic E-state index is 0.0107. The van der Waals surface area contributed by atoms with Crippen molar-refractivity contribution in [1.29, 1.82) is 0 Å². The molecule has 0 unspecified atom stereocenters. The first-order valence-corrected chi connectivity index (χ1v) is 9.03. The van der Waals surface area contributed by atoms with E-state index in [4.69, 9.17) is 9.26 Å². The van der Waals surface area contributed by atoms with Gasteiger partial charge in [0.1, 0.15) is 5.75 Å². The maximum Gasteiger partial charge on any atom is 0.340 e. The largest absolute Gasteiger partial charge is 0.453 e. The number of carbonyl (C=O) groups excluding carboxylic acids is 1. The van der Waals surface area contributed by atoms with Crippen LogP contribution in [0.3, 0.4) is 0 Å². The van der Waals surface area contributed by atoms with E-state index in [0.717, 1.165) is 5.56 Å². The van der Waals surface area contributed by atoms with Gasteiger partial charge in [-0.1, -0.05) is 11.2 Å². The summed E-state index contributed by atoms with van der Waals surface area (Å²) in [7, 11) is 0. The third-order valence-electron chi connectivity index (χ3n) is 3.90. The minimum atomic E-state index is -0.570. The Hall–Kier alpha value is -4.60. The number of rotatable bonds is 7. The summed E-state index contributed by atoms with van der Waals surface area (Å²) < 4.78 is 24.7. The lowest BCUT2D eigenvalue weighted by Crippen LogP contribution is -2.27. The first-order valence-electron chi connectivity index (χ1n) is 9.03. The van der Waals surface area contributed by atoms with Gasteiger partial charge in [0, 0.05) is 30.2 Å². The van der Waals surface area contributed by atoms with Crippen molar-refractivity contribution < 1.29 is 18.4 Å². The molecule has 0 radical (unpaired) electrons. The van der Waals surface area contributed by atoms with Gasteiger partial charge in [-0.25, -0.2) is 9.82 Å². The predicted molar refractivity (Wildman–Crippen MR) is 109 cm³/mol. The van der Waals surface area contributed by atoms with Gasteiger partial charge in [0.15, 0.2) is 11.6 Å². The van der Waals surface area contributed by atoms with Gasteiger partial charge in [0.05, 0.1) is 6.20 Å². The number of aromatic nitrogens is 4. The zero-order valence-electron chi connectivity index (χ0n) is 15.9. The fourth-order valence-corrected chi connectivity index (χ4v) is 2.46. The summed E-state index contributed by atoms with van der Waals surface area (Å²) in [6.45, 7) is 0. The number of halogens is 1. The third kappa shape index (κ3) is 5.26. The highest BCUT2D eigenvalue weighted by molar-refractivity contribution is 5.92. The summed E-state index contributed by atoms with van der Waals surface area (Å²) in [6, 6.07) is 11.2. The summed E-state index contributed by atoms with van der Waals surface area (Å²) in [6.07, 6.45) is 8.95. The average Bonchev–Trinajstić information content (AvgIpc) is 3.28. The second-order valence-corrected chi connectivity index (χ2v) is 6.09. The number of pyridine rings is 2. The number of carbonyl (C=O) groups is 1. The minimum Gasteiger partial charge on any atom is -0.453 e. The number of hydrogen-bond acceptors (Lipinski definition) is 8. The summed E-state index contributed by atoms with van der Waals surface area (Å²) in [4.78, 5) is 23.9. The molecule has 0 aliphatic carbocycles. The van der Waals surface area contributed by atoms with E-state index in [1.54, 1.807) is 48.9 Å². The number of anilines is 1. The van der Waals surface area contributed by atoms with Crippen molar-refractivity contribution in [2.75, 3.05) is 5.43 Å². The van der Waals surface area contributed by atoms with Crippen LogP contribution in [0.15, 0.2) is 77.9 Å². The van der Waals surface area contributed by atoms with E-state index in [0.29, 0.717) is 17.1 Å². The maximum atomic E-state index is 14.2. The Kier molecular flexibility index (Phi) is 5.89. The summed E-state index contributed by atoms with van der Waals surface area (Å²) in [5, 5.41) is 3.80. The van der Waals surface area contributed by atoms with Crippen molar-refractivity contribution in [3.8, 4) is 22.9 Å². The Bertz CT molecular complexity index is 1200. The van der Waals surface area contributed by atoms with E-state index in [1.807, 2.05) is 0 Å². The number of hydrazine groups is 1. The van der Waals surface area contributed by atoms with E-state index in [2.05, 4.69) is 31.0 Å². The smallest absolute Gasteiger partial charge is 0.340 e. The van der Waals surface area contributed by atoms with Crippen molar-refractivity contribution in [2.24, 2.45) is 0 Å². The molecular formula is C21H15FN6O3. The first kappa shape index (κ1) is 19.7. The van der Waals surface area contributed by atoms with E-state index >= 15 is 0 Å². The molecule has 4 aromatic rings.